The molecule has 1 aliphatic carbocycles. The molecule has 1 aromatic carbocycles. The highest BCUT2D eigenvalue weighted by Gasteiger charge is 2.18. The van der Waals surface area contributed by atoms with Gasteiger partial charge < -0.3 is 13.9 Å². The summed E-state index contributed by atoms with van der Waals surface area (Å²) < 4.78 is 16.3. The van der Waals surface area contributed by atoms with Crippen molar-refractivity contribution < 1.29 is 18.7 Å². The van der Waals surface area contributed by atoms with Gasteiger partial charge in [-0.15, -0.1) is 0 Å². The molecule has 0 spiro atoms. The van der Waals surface area contributed by atoms with E-state index in [2.05, 4.69) is 6.08 Å². The van der Waals surface area contributed by atoms with Crippen molar-refractivity contribution in [3.05, 3.63) is 54.2 Å². The molecule has 0 unspecified atom stereocenters. The van der Waals surface area contributed by atoms with Gasteiger partial charge in [-0.2, -0.15) is 0 Å². The van der Waals surface area contributed by atoms with Crippen LogP contribution in [0.4, 0.5) is 0 Å². The molecular formula is C17H16O4. The number of hydrogen-bond acceptors (Lipinski definition) is 4. The summed E-state index contributed by atoms with van der Waals surface area (Å²) in [5.74, 6) is 1.36. The van der Waals surface area contributed by atoms with Gasteiger partial charge in [0.2, 0.25) is 5.76 Å². The third-order valence-electron chi connectivity index (χ3n) is 3.28. The van der Waals surface area contributed by atoms with Crippen LogP contribution < -0.4 is 4.74 Å². The molecule has 0 aliphatic heterocycles. The first kappa shape index (κ1) is 13.5. The second-order valence-electron chi connectivity index (χ2n) is 4.70. The molecule has 0 saturated heterocycles. The highest BCUT2D eigenvalue weighted by atomic mass is 16.5. The lowest BCUT2D eigenvalue weighted by molar-refractivity contribution is 0.0493. The van der Waals surface area contributed by atoms with E-state index in [-0.39, 0.29) is 5.76 Å². The van der Waals surface area contributed by atoms with Gasteiger partial charge in [-0.3, -0.25) is 0 Å². The number of furan rings is 1. The summed E-state index contributed by atoms with van der Waals surface area (Å²) in [5.41, 5.74) is 0. The molecule has 108 valence electrons. The molecule has 0 saturated carbocycles. The summed E-state index contributed by atoms with van der Waals surface area (Å²) >= 11 is 0. The van der Waals surface area contributed by atoms with Crippen molar-refractivity contribution in [3.8, 4) is 5.75 Å². The number of rotatable bonds is 4. The zero-order valence-corrected chi connectivity index (χ0v) is 11.8. The van der Waals surface area contributed by atoms with Crippen LogP contribution in [-0.4, -0.2) is 12.6 Å². The summed E-state index contributed by atoms with van der Waals surface area (Å²) in [6.07, 6.45) is 9.42. The molecule has 0 fully saturated rings. The summed E-state index contributed by atoms with van der Waals surface area (Å²) in [5, 5.41) is 1.48. The Hall–Kier alpha value is -2.49. The fourth-order valence-corrected chi connectivity index (χ4v) is 2.30. The highest BCUT2D eigenvalue weighted by Crippen LogP contribution is 2.32. The van der Waals surface area contributed by atoms with Crippen molar-refractivity contribution in [2.75, 3.05) is 6.61 Å². The van der Waals surface area contributed by atoms with Gasteiger partial charge in [0.25, 0.3) is 0 Å². The molecule has 2 aromatic rings. The number of fused-ring (bicyclic) bond motifs is 1. The Labute approximate surface area is 122 Å². The molecule has 4 nitrogen and oxygen atoms in total. The number of hydrogen-bond donors (Lipinski definition) is 0. The average molecular weight is 284 g/mol. The van der Waals surface area contributed by atoms with E-state index in [1.807, 2.05) is 30.4 Å². The van der Waals surface area contributed by atoms with E-state index >= 15 is 0 Å². The Morgan fingerprint density at radius 2 is 2.24 bits per heavy atom. The maximum absolute atomic E-state index is 11.8. The molecule has 0 radical (unpaired) electrons. The Morgan fingerprint density at radius 3 is 3.00 bits per heavy atom. The fourth-order valence-electron chi connectivity index (χ4n) is 2.30. The lowest BCUT2D eigenvalue weighted by atomic mass is 10.1. The van der Waals surface area contributed by atoms with Crippen LogP contribution in [0.3, 0.4) is 0 Å². The van der Waals surface area contributed by atoms with Crippen molar-refractivity contribution in [1.29, 1.82) is 0 Å². The van der Waals surface area contributed by atoms with Crippen LogP contribution in [0, 0.1) is 0 Å². The van der Waals surface area contributed by atoms with Gasteiger partial charge in [0.15, 0.2) is 0 Å². The maximum Gasteiger partial charge on any atom is 0.374 e. The van der Waals surface area contributed by atoms with E-state index in [0.717, 1.165) is 24.0 Å². The Kier molecular flexibility index (Phi) is 3.77. The second-order valence-corrected chi connectivity index (χ2v) is 4.70. The molecule has 3 rings (SSSR count). The number of ether oxygens (including phenoxy) is 2. The van der Waals surface area contributed by atoms with Gasteiger partial charge in [-0.1, -0.05) is 18.2 Å². The Balaban J connectivity index is 1.95. The monoisotopic (exact) mass is 284 g/mol. The van der Waals surface area contributed by atoms with Crippen molar-refractivity contribution in [3.63, 3.8) is 0 Å². The number of esters is 1. The molecule has 1 aliphatic rings. The standard InChI is InChI=1S/C17H16O4/c1-2-19-17(18)16-13-9-6-10-15(14(13)11-20-16)21-12-7-4-3-5-8-12/h3-4,6-7,9-11H,2,5,8H2,1H3. The Bertz CT molecular complexity index is 721. The summed E-state index contributed by atoms with van der Waals surface area (Å²) in [4.78, 5) is 11.8. The predicted molar refractivity (Wildman–Crippen MR) is 79.3 cm³/mol. The molecule has 21 heavy (non-hydrogen) atoms. The number of benzene rings is 1. The van der Waals surface area contributed by atoms with E-state index in [9.17, 15) is 4.79 Å². The minimum Gasteiger partial charge on any atom is -0.461 e. The first-order valence-corrected chi connectivity index (χ1v) is 7.00. The van der Waals surface area contributed by atoms with Crippen LogP contribution in [0.5, 0.6) is 5.75 Å². The zero-order chi connectivity index (χ0) is 14.7. The van der Waals surface area contributed by atoms with Crippen LogP contribution in [0.15, 0.2) is 52.9 Å². The highest BCUT2D eigenvalue weighted by molar-refractivity contribution is 6.04. The van der Waals surface area contributed by atoms with E-state index in [0.29, 0.717) is 17.7 Å². The van der Waals surface area contributed by atoms with E-state index in [1.165, 1.54) is 6.26 Å². The van der Waals surface area contributed by atoms with Crippen LogP contribution in [0.2, 0.25) is 0 Å². The molecule has 0 amide bonds. The molecule has 1 aromatic heterocycles. The first-order chi connectivity index (χ1) is 10.3. The minimum atomic E-state index is -0.454. The first-order valence-electron chi connectivity index (χ1n) is 7.00. The minimum absolute atomic E-state index is 0.217. The van der Waals surface area contributed by atoms with Gasteiger partial charge >= 0.3 is 5.97 Å². The summed E-state index contributed by atoms with van der Waals surface area (Å²) in [6.45, 7) is 2.08. The maximum atomic E-state index is 11.8. The molecule has 4 heteroatoms. The predicted octanol–water partition coefficient (Wildman–Crippen LogP) is 4.22. The lowest BCUT2D eigenvalue weighted by Crippen LogP contribution is -2.03. The SMILES string of the molecule is CCOC(=O)c1occ2c(OC3=CC=CCC3)cccc12. The molecule has 1 heterocycles. The zero-order valence-electron chi connectivity index (χ0n) is 11.8. The van der Waals surface area contributed by atoms with E-state index in [4.69, 9.17) is 13.9 Å². The van der Waals surface area contributed by atoms with Gasteiger partial charge in [-0.25, -0.2) is 4.79 Å². The average Bonchev–Trinajstić information content (AvgIpc) is 2.94. The van der Waals surface area contributed by atoms with Crippen molar-refractivity contribution >= 4 is 16.7 Å². The van der Waals surface area contributed by atoms with Gasteiger partial charge in [0.05, 0.1) is 12.0 Å². The van der Waals surface area contributed by atoms with Gasteiger partial charge in [0.1, 0.15) is 17.8 Å². The van der Waals surface area contributed by atoms with Crippen LogP contribution in [0.1, 0.15) is 30.3 Å². The van der Waals surface area contributed by atoms with Gasteiger partial charge in [-0.05, 0) is 31.6 Å². The van der Waals surface area contributed by atoms with Crippen LogP contribution >= 0.6 is 0 Å². The smallest absolute Gasteiger partial charge is 0.374 e. The summed E-state index contributed by atoms with van der Waals surface area (Å²) in [7, 11) is 0. The van der Waals surface area contributed by atoms with Crippen LogP contribution in [-0.2, 0) is 4.74 Å². The Morgan fingerprint density at radius 1 is 1.33 bits per heavy atom. The third-order valence-corrected chi connectivity index (χ3v) is 3.28. The van der Waals surface area contributed by atoms with Gasteiger partial charge in [0, 0.05) is 11.8 Å². The molecule has 0 bridgehead atoms. The molecule has 0 N–H and O–H groups in total. The number of carbonyl (C=O) groups is 1. The second kappa shape index (κ2) is 5.87. The third kappa shape index (κ3) is 2.70. The number of carbonyl (C=O) groups excluding carboxylic acids is 1. The van der Waals surface area contributed by atoms with Crippen molar-refractivity contribution in [2.45, 2.75) is 19.8 Å². The topological polar surface area (TPSA) is 48.7 Å². The van der Waals surface area contributed by atoms with E-state index < -0.39 is 5.97 Å². The fraction of sp³-hybridized carbons (Fsp3) is 0.235. The van der Waals surface area contributed by atoms with Crippen molar-refractivity contribution in [1.82, 2.24) is 0 Å². The normalized spacial score (nSPS) is 14.0. The lowest BCUT2D eigenvalue weighted by Gasteiger charge is -2.11. The quantitative estimate of drug-likeness (QED) is 0.789. The molecular weight excluding hydrogens is 268 g/mol. The largest absolute Gasteiger partial charge is 0.461 e. The van der Waals surface area contributed by atoms with Crippen molar-refractivity contribution in [2.24, 2.45) is 0 Å². The van der Waals surface area contributed by atoms with E-state index in [1.54, 1.807) is 6.92 Å². The molecule has 0 atom stereocenters. The number of allylic oxidation sites excluding steroid dienone is 4. The van der Waals surface area contributed by atoms with Crippen LogP contribution in [0.25, 0.3) is 10.8 Å². The summed E-state index contributed by atoms with van der Waals surface area (Å²) in [6, 6.07) is 5.54.